The first-order chi connectivity index (χ1) is 48.7. The van der Waals surface area contributed by atoms with Crippen molar-refractivity contribution in [2.75, 3.05) is 39.6 Å². The van der Waals surface area contributed by atoms with E-state index in [4.69, 9.17) is 37.0 Å². The molecule has 0 aromatic rings. The minimum atomic E-state index is -4.99. The fourth-order valence-corrected chi connectivity index (χ4v) is 12.3. The molecule has 0 saturated heterocycles. The summed E-state index contributed by atoms with van der Waals surface area (Å²) in [4.78, 5) is 72.9. The van der Waals surface area contributed by atoms with Gasteiger partial charge in [0.2, 0.25) is 0 Å². The smallest absolute Gasteiger partial charge is 0.462 e. The van der Waals surface area contributed by atoms with E-state index in [-0.39, 0.29) is 25.7 Å². The number of esters is 4. The molecule has 0 aromatic heterocycles. The van der Waals surface area contributed by atoms with E-state index in [2.05, 4.69) is 101 Å². The van der Waals surface area contributed by atoms with Gasteiger partial charge in [-0.1, -0.05) is 286 Å². The van der Waals surface area contributed by atoms with Crippen LogP contribution in [0.2, 0.25) is 0 Å². The summed E-state index contributed by atoms with van der Waals surface area (Å²) < 4.78 is 68.5. The average Bonchev–Trinajstić information content (AvgIpc) is 1.06. The minimum absolute atomic E-state index is 0.0750. The van der Waals surface area contributed by atoms with Crippen molar-refractivity contribution < 1.29 is 80.2 Å². The molecule has 0 spiro atoms. The summed E-state index contributed by atoms with van der Waals surface area (Å²) in [6.45, 7) is 4.77. The second kappa shape index (κ2) is 73.5. The predicted octanol–water partition coefficient (Wildman–Crippen LogP) is 23.0. The van der Waals surface area contributed by atoms with Crippen LogP contribution in [0.25, 0.3) is 0 Å². The van der Waals surface area contributed by atoms with E-state index >= 15 is 0 Å². The van der Waals surface area contributed by atoms with Crippen molar-refractivity contribution in [3.8, 4) is 0 Å². The number of aliphatic hydroxyl groups is 1. The van der Waals surface area contributed by atoms with Gasteiger partial charge in [-0.15, -0.1) is 0 Å². The van der Waals surface area contributed by atoms with Crippen LogP contribution in [0.1, 0.15) is 349 Å². The second-order valence-electron chi connectivity index (χ2n) is 26.7. The lowest BCUT2D eigenvalue weighted by molar-refractivity contribution is -0.161. The standard InChI is InChI=1S/C81H144O17P2/c1-5-9-13-17-21-25-29-33-36-37-40-43-46-50-54-58-62-66-79(84)92-72-77(98-81(86)68-64-60-56-52-48-44-39-35-31-27-23-19-15-11-7-3)74-96-100(89,90)94-70-75(82)69-93-99(87,88)95-73-76(97-80(85)67-63-59-55-51-47-41-32-28-24-20-16-12-8-4)71-91-78(83)65-61-57-53-49-45-42-38-34-30-26-22-18-14-10-6-2/h21-22,25-26,33-36,38-40,43,50,54,75-77,82H,5-20,23-24,27-32,37,41-42,44-49,51-53,55-74H2,1-4H3,(H,87,88)(H,89,90)/b25-21-,26-22-,36-33-,38-34-,39-35-,43-40-,54-50-/t75-,76+,77+/m0/s1. The maximum absolute atomic E-state index is 13.1. The molecule has 0 aliphatic heterocycles. The Labute approximate surface area is 608 Å². The summed E-state index contributed by atoms with van der Waals surface area (Å²) in [5, 5.41) is 10.6. The summed E-state index contributed by atoms with van der Waals surface area (Å²) in [7, 11) is -9.96. The van der Waals surface area contributed by atoms with Crippen LogP contribution in [0.5, 0.6) is 0 Å². The van der Waals surface area contributed by atoms with Gasteiger partial charge >= 0.3 is 39.5 Å². The normalized spacial score (nSPS) is 14.3. The molecular formula is C81H144O17P2. The molecule has 0 saturated carbocycles. The van der Waals surface area contributed by atoms with Gasteiger partial charge in [0.1, 0.15) is 19.3 Å². The van der Waals surface area contributed by atoms with Crippen molar-refractivity contribution in [3.05, 3.63) is 85.1 Å². The van der Waals surface area contributed by atoms with Crippen LogP contribution < -0.4 is 0 Å². The van der Waals surface area contributed by atoms with Crippen LogP contribution >= 0.6 is 15.6 Å². The largest absolute Gasteiger partial charge is 0.472 e. The fourth-order valence-electron chi connectivity index (χ4n) is 10.7. The summed E-state index contributed by atoms with van der Waals surface area (Å²) in [6, 6.07) is 0. The van der Waals surface area contributed by atoms with Crippen LogP contribution in [0.3, 0.4) is 0 Å². The maximum Gasteiger partial charge on any atom is 0.472 e. The van der Waals surface area contributed by atoms with E-state index in [1.54, 1.807) is 0 Å². The highest BCUT2D eigenvalue weighted by atomic mass is 31.2. The summed E-state index contributed by atoms with van der Waals surface area (Å²) in [5.41, 5.74) is 0. The topological polar surface area (TPSA) is 237 Å². The highest BCUT2D eigenvalue weighted by Crippen LogP contribution is 2.45. The highest BCUT2D eigenvalue weighted by molar-refractivity contribution is 7.47. The minimum Gasteiger partial charge on any atom is -0.462 e. The van der Waals surface area contributed by atoms with Crippen LogP contribution in [-0.2, 0) is 65.4 Å². The zero-order valence-electron chi connectivity index (χ0n) is 63.4. The molecule has 5 atom stereocenters. The van der Waals surface area contributed by atoms with Gasteiger partial charge in [-0.25, -0.2) is 9.13 Å². The Bertz CT molecular complexity index is 2230. The number of carbonyl (C=O) groups is 4. The molecule has 0 heterocycles. The quantitative estimate of drug-likeness (QED) is 0.0169. The number of aliphatic hydroxyl groups excluding tert-OH is 1. The molecule has 0 radical (unpaired) electrons. The third kappa shape index (κ3) is 72.6. The van der Waals surface area contributed by atoms with Gasteiger partial charge in [-0.2, -0.15) is 0 Å². The van der Waals surface area contributed by atoms with E-state index in [1.165, 1.54) is 128 Å². The zero-order valence-corrected chi connectivity index (χ0v) is 65.2. The molecule has 0 aliphatic carbocycles. The molecule has 0 amide bonds. The van der Waals surface area contributed by atoms with E-state index in [0.717, 1.165) is 135 Å². The van der Waals surface area contributed by atoms with Gasteiger partial charge in [0, 0.05) is 25.7 Å². The lowest BCUT2D eigenvalue weighted by Crippen LogP contribution is -2.30. The highest BCUT2D eigenvalue weighted by Gasteiger charge is 2.30. The van der Waals surface area contributed by atoms with Crippen molar-refractivity contribution in [3.63, 3.8) is 0 Å². The summed E-state index contributed by atoms with van der Waals surface area (Å²) >= 11 is 0. The SMILES string of the molecule is CCCCC/C=C\C/C=C\C/C=C\C/C=C\CCCC(=O)OC[C@H](COP(=O)(O)OC[C@@H](O)COP(=O)(O)OC[C@@H](COC(=O)CCCCCCC/C=C\C/C=C\CCCCC)OC(=O)CCCCCCCCCCCCCCC)OC(=O)CCCCCCC/C=C\CCCCCCCC. The third-order valence-corrected chi connectivity index (χ3v) is 18.7. The van der Waals surface area contributed by atoms with Gasteiger partial charge in [0.15, 0.2) is 12.2 Å². The second-order valence-corrected chi connectivity index (χ2v) is 29.6. The van der Waals surface area contributed by atoms with E-state index in [9.17, 15) is 43.2 Å². The van der Waals surface area contributed by atoms with Gasteiger partial charge < -0.3 is 33.8 Å². The van der Waals surface area contributed by atoms with Crippen LogP contribution in [0.15, 0.2) is 85.1 Å². The first kappa shape index (κ1) is 96.2. The predicted molar refractivity (Wildman–Crippen MR) is 409 cm³/mol. The number of ether oxygens (including phenoxy) is 4. The first-order valence-electron chi connectivity index (χ1n) is 39.8. The molecular weight excluding hydrogens is 1310 g/mol. The Morgan fingerprint density at radius 1 is 0.280 bits per heavy atom. The number of phosphoric acid groups is 2. The molecule has 0 bridgehead atoms. The maximum atomic E-state index is 13.1. The fraction of sp³-hybridized carbons (Fsp3) is 0.778. The third-order valence-electron chi connectivity index (χ3n) is 16.8. The Balaban J connectivity index is 5.39. The van der Waals surface area contributed by atoms with Crippen LogP contribution in [0.4, 0.5) is 0 Å². The molecule has 580 valence electrons. The van der Waals surface area contributed by atoms with Gasteiger partial charge in [0.25, 0.3) is 0 Å². The van der Waals surface area contributed by atoms with Gasteiger partial charge in [0.05, 0.1) is 26.4 Å². The Kier molecular flexibility index (Phi) is 70.8. The molecule has 100 heavy (non-hydrogen) atoms. The summed E-state index contributed by atoms with van der Waals surface area (Å²) in [6.07, 6.45) is 75.6. The monoisotopic (exact) mass is 1450 g/mol. The van der Waals surface area contributed by atoms with Crippen molar-refractivity contribution in [1.82, 2.24) is 0 Å². The lowest BCUT2D eigenvalue weighted by Gasteiger charge is -2.21. The van der Waals surface area contributed by atoms with E-state index in [0.29, 0.717) is 32.1 Å². The van der Waals surface area contributed by atoms with E-state index < -0.39 is 97.5 Å². The van der Waals surface area contributed by atoms with Crippen LogP contribution in [-0.4, -0.2) is 96.7 Å². The van der Waals surface area contributed by atoms with Crippen molar-refractivity contribution in [2.24, 2.45) is 0 Å². The number of unbranched alkanes of at least 4 members (excludes halogenated alkanes) is 35. The lowest BCUT2D eigenvalue weighted by atomic mass is 10.0. The molecule has 0 aliphatic rings. The molecule has 0 aromatic carbocycles. The molecule has 0 rings (SSSR count). The zero-order chi connectivity index (χ0) is 73.2. The Morgan fingerprint density at radius 2 is 0.500 bits per heavy atom. The number of hydrogen-bond donors (Lipinski definition) is 3. The Morgan fingerprint density at radius 3 is 0.820 bits per heavy atom. The Hall–Kier alpha value is -3.76. The first-order valence-corrected chi connectivity index (χ1v) is 42.8. The summed E-state index contributed by atoms with van der Waals surface area (Å²) in [5.74, 6) is -2.24. The number of hydrogen-bond acceptors (Lipinski definition) is 15. The molecule has 0 fully saturated rings. The van der Waals surface area contributed by atoms with Crippen molar-refractivity contribution >= 4 is 39.5 Å². The van der Waals surface area contributed by atoms with Gasteiger partial charge in [-0.3, -0.25) is 37.3 Å². The average molecular weight is 1450 g/mol. The van der Waals surface area contributed by atoms with Crippen LogP contribution in [0, 0.1) is 0 Å². The number of carbonyl (C=O) groups excluding carboxylic acids is 4. The molecule has 19 heteroatoms. The van der Waals surface area contributed by atoms with E-state index in [1.807, 2.05) is 12.2 Å². The molecule has 3 N–H and O–H groups in total. The number of rotatable bonds is 75. The van der Waals surface area contributed by atoms with Crippen molar-refractivity contribution in [1.29, 1.82) is 0 Å². The molecule has 17 nitrogen and oxygen atoms in total. The van der Waals surface area contributed by atoms with Gasteiger partial charge in [-0.05, 0) is 122 Å². The number of allylic oxidation sites excluding steroid dienone is 14. The molecule has 2 unspecified atom stereocenters. The van der Waals surface area contributed by atoms with Crippen molar-refractivity contribution in [2.45, 2.75) is 367 Å². The number of phosphoric ester groups is 2.